The van der Waals surface area contributed by atoms with Crippen molar-refractivity contribution in [1.29, 1.82) is 0 Å². The Morgan fingerprint density at radius 1 is 1.62 bits per heavy atom. The molecular weight excluding hydrogens is 100 g/mol. The van der Waals surface area contributed by atoms with Crippen molar-refractivity contribution >= 4 is 6.29 Å². The molecule has 0 aromatic rings. The Morgan fingerprint density at radius 3 is 2.62 bits per heavy atom. The van der Waals surface area contributed by atoms with Crippen LogP contribution < -0.4 is 0 Å². The van der Waals surface area contributed by atoms with E-state index in [9.17, 15) is 4.79 Å². The highest BCUT2D eigenvalue weighted by Gasteiger charge is 1.84. The first-order valence-electron chi connectivity index (χ1n) is 2.80. The molecule has 0 aliphatic rings. The molecule has 0 aromatic heterocycles. The summed E-state index contributed by atoms with van der Waals surface area (Å²) in [6.45, 7) is 4.21. The Kier molecular flexibility index (Phi) is 4.23. The van der Waals surface area contributed by atoms with Gasteiger partial charge in [0.25, 0.3) is 0 Å². The quantitative estimate of drug-likeness (QED) is 0.506. The minimum Gasteiger partial charge on any atom is -0.286 e. The maximum atomic E-state index is 9.57. The molecule has 0 aliphatic carbocycles. The smallest absolute Gasteiger partial charge is 0.225 e. The third kappa shape index (κ3) is 5.41. The summed E-state index contributed by atoms with van der Waals surface area (Å²) in [6.07, 6.45) is 5.91. The van der Waals surface area contributed by atoms with E-state index in [2.05, 4.69) is 13.8 Å². The van der Waals surface area contributed by atoms with E-state index in [1.54, 1.807) is 6.29 Å². The molecule has 0 atom stereocenters. The first-order chi connectivity index (χ1) is 3.77. The summed E-state index contributed by atoms with van der Waals surface area (Å²) in [5, 5.41) is 0. The molecule has 0 saturated heterocycles. The third-order valence-corrected chi connectivity index (χ3v) is 0.793. The standard InChI is InChI=1S/C7H11O/c1-7(2)5-3-4-6-8/h3-4,7H,5H2,1-2H3/b4-3+. The Balaban J connectivity index is 3.15. The molecule has 0 amide bonds. The number of rotatable bonds is 3. The molecule has 0 unspecified atom stereocenters. The molecule has 45 valence electrons. The molecule has 0 aliphatic heterocycles. The lowest BCUT2D eigenvalue weighted by atomic mass is 10.1. The second-order valence-electron chi connectivity index (χ2n) is 2.15. The van der Waals surface area contributed by atoms with Gasteiger partial charge in [-0.05, 0) is 18.4 Å². The van der Waals surface area contributed by atoms with Gasteiger partial charge in [-0.25, -0.2) is 0 Å². The predicted octanol–water partition coefficient (Wildman–Crippen LogP) is 1.70. The maximum absolute atomic E-state index is 9.57. The fraction of sp³-hybridized carbons (Fsp3) is 0.571. The Hall–Kier alpha value is -0.590. The summed E-state index contributed by atoms with van der Waals surface area (Å²) in [6, 6.07) is 0. The normalized spacial score (nSPS) is 10.9. The van der Waals surface area contributed by atoms with Crippen molar-refractivity contribution in [3.8, 4) is 0 Å². The highest BCUT2D eigenvalue weighted by Crippen LogP contribution is 1.98. The highest BCUT2D eigenvalue weighted by molar-refractivity contribution is 5.65. The summed E-state index contributed by atoms with van der Waals surface area (Å²) < 4.78 is 0. The minimum absolute atomic E-state index is 0.639. The Morgan fingerprint density at radius 2 is 2.25 bits per heavy atom. The lowest BCUT2D eigenvalue weighted by molar-refractivity contribution is 0.564. The molecule has 0 bridgehead atoms. The van der Waals surface area contributed by atoms with E-state index in [0.29, 0.717) is 5.92 Å². The van der Waals surface area contributed by atoms with Crippen LogP contribution in [0, 0.1) is 5.92 Å². The van der Waals surface area contributed by atoms with E-state index in [1.807, 2.05) is 6.08 Å². The van der Waals surface area contributed by atoms with Crippen molar-refractivity contribution in [2.45, 2.75) is 20.3 Å². The number of allylic oxidation sites excluding steroid dienone is 2. The van der Waals surface area contributed by atoms with Crippen LogP contribution in [0.25, 0.3) is 0 Å². The molecule has 0 N–H and O–H groups in total. The van der Waals surface area contributed by atoms with Gasteiger partial charge in [-0.1, -0.05) is 19.9 Å². The number of hydrogen-bond acceptors (Lipinski definition) is 1. The van der Waals surface area contributed by atoms with E-state index in [1.165, 1.54) is 6.08 Å². The molecule has 0 rings (SSSR count). The SMILES string of the molecule is CC(C)C/C=C/[C]=O. The topological polar surface area (TPSA) is 17.1 Å². The van der Waals surface area contributed by atoms with Crippen LogP contribution in [0.2, 0.25) is 0 Å². The van der Waals surface area contributed by atoms with E-state index < -0.39 is 0 Å². The molecule has 0 fully saturated rings. The van der Waals surface area contributed by atoms with E-state index in [0.717, 1.165) is 6.42 Å². The lowest BCUT2D eigenvalue weighted by Crippen LogP contribution is -1.80. The molecular formula is C7H11O. The largest absolute Gasteiger partial charge is 0.286 e. The van der Waals surface area contributed by atoms with Crippen molar-refractivity contribution in [1.82, 2.24) is 0 Å². The second kappa shape index (κ2) is 4.57. The molecule has 1 nitrogen and oxygen atoms in total. The van der Waals surface area contributed by atoms with Gasteiger partial charge in [0.05, 0.1) is 0 Å². The van der Waals surface area contributed by atoms with Crippen molar-refractivity contribution in [2.75, 3.05) is 0 Å². The van der Waals surface area contributed by atoms with Gasteiger partial charge >= 0.3 is 0 Å². The van der Waals surface area contributed by atoms with Gasteiger partial charge in [0.15, 0.2) is 0 Å². The molecule has 0 spiro atoms. The second-order valence-corrected chi connectivity index (χ2v) is 2.15. The first-order valence-corrected chi connectivity index (χ1v) is 2.80. The first kappa shape index (κ1) is 7.41. The maximum Gasteiger partial charge on any atom is 0.225 e. The summed E-state index contributed by atoms with van der Waals surface area (Å²) in [5.41, 5.74) is 0. The van der Waals surface area contributed by atoms with E-state index in [-0.39, 0.29) is 0 Å². The molecule has 0 saturated carbocycles. The van der Waals surface area contributed by atoms with E-state index >= 15 is 0 Å². The Bertz CT molecular complexity index is 82.4. The van der Waals surface area contributed by atoms with Crippen LogP contribution in [0.3, 0.4) is 0 Å². The zero-order chi connectivity index (χ0) is 6.41. The van der Waals surface area contributed by atoms with Crippen LogP contribution in [-0.4, -0.2) is 6.29 Å². The highest BCUT2D eigenvalue weighted by atomic mass is 16.1. The number of carbonyl (C=O) groups excluding carboxylic acids is 1. The van der Waals surface area contributed by atoms with Gasteiger partial charge in [0.1, 0.15) is 0 Å². The molecule has 1 heteroatoms. The van der Waals surface area contributed by atoms with Crippen molar-refractivity contribution in [3.05, 3.63) is 12.2 Å². The number of hydrogen-bond donors (Lipinski definition) is 0. The van der Waals surface area contributed by atoms with Crippen LogP contribution in [0.5, 0.6) is 0 Å². The summed E-state index contributed by atoms with van der Waals surface area (Å²) in [4.78, 5) is 9.57. The molecule has 8 heavy (non-hydrogen) atoms. The summed E-state index contributed by atoms with van der Waals surface area (Å²) >= 11 is 0. The third-order valence-electron chi connectivity index (χ3n) is 0.793. The van der Waals surface area contributed by atoms with Gasteiger partial charge in [0, 0.05) is 0 Å². The van der Waals surface area contributed by atoms with Crippen LogP contribution in [0.15, 0.2) is 12.2 Å². The van der Waals surface area contributed by atoms with Gasteiger partial charge in [-0.3, -0.25) is 4.79 Å². The fourth-order valence-electron chi connectivity index (χ4n) is 0.388. The van der Waals surface area contributed by atoms with Gasteiger partial charge < -0.3 is 0 Å². The minimum atomic E-state index is 0.639. The van der Waals surface area contributed by atoms with Crippen LogP contribution in [0.1, 0.15) is 20.3 Å². The lowest BCUT2D eigenvalue weighted by Gasteiger charge is -1.93. The zero-order valence-electron chi connectivity index (χ0n) is 5.35. The van der Waals surface area contributed by atoms with Crippen molar-refractivity contribution in [3.63, 3.8) is 0 Å². The van der Waals surface area contributed by atoms with E-state index in [4.69, 9.17) is 0 Å². The summed E-state index contributed by atoms with van der Waals surface area (Å²) in [7, 11) is 0. The van der Waals surface area contributed by atoms with Crippen LogP contribution in [0.4, 0.5) is 0 Å². The molecule has 0 heterocycles. The van der Waals surface area contributed by atoms with Gasteiger partial charge in [-0.15, -0.1) is 0 Å². The van der Waals surface area contributed by atoms with Crippen LogP contribution >= 0.6 is 0 Å². The van der Waals surface area contributed by atoms with Gasteiger partial charge in [-0.2, -0.15) is 0 Å². The average molecular weight is 111 g/mol. The predicted molar refractivity (Wildman–Crippen MR) is 34.3 cm³/mol. The fourth-order valence-corrected chi connectivity index (χ4v) is 0.388. The van der Waals surface area contributed by atoms with Crippen molar-refractivity contribution < 1.29 is 4.79 Å². The monoisotopic (exact) mass is 111 g/mol. The molecule has 1 radical (unpaired) electrons. The average Bonchev–Trinajstić information content (AvgIpc) is 1.66. The van der Waals surface area contributed by atoms with Crippen molar-refractivity contribution in [2.24, 2.45) is 5.92 Å². The van der Waals surface area contributed by atoms with Gasteiger partial charge in [0.2, 0.25) is 6.29 Å². The summed E-state index contributed by atoms with van der Waals surface area (Å²) in [5.74, 6) is 0.639. The van der Waals surface area contributed by atoms with Crippen LogP contribution in [-0.2, 0) is 4.79 Å². The molecule has 0 aromatic carbocycles. The Labute approximate surface area is 50.4 Å². The zero-order valence-corrected chi connectivity index (χ0v) is 5.35.